The number of halogens is 1. The van der Waals surface area contributed by atoms with E-state index < -0.39 is 6.67 Å². The van der Waals surface area contributed by atoms with E-state index in [4.69, 9.17) is 0 Å². The van der Waals surface area contributed by atoms with E-state index in [1.165, 1.54) is 5.56 Å². The zero-order valence-electron chi connectivity index (χ0n) is 7.10. The maximum absolute atomic E-state index is 11.7. The molecule has 0 radical (unpaired) electrons. The van der Waals surface area contributed by atoms with Gasteiger partial charge in [0, 0.05) is 5.56 Å². The summed E-state index contributed by atoms with van der Waals surface area (Å²) in [6.45, 7) is 1.53. The fourth-order valence-electron chi connectivity index (χ4n) is 0.959. The molecular weight excluding hydrogens is 151 g/mol. The van der Waals surface area contributed by atoms with Gasteiger partial charge in [-0.3, -0.25) is 0 Å². The van der Waals surface area contributed by atoms with Crippen molar-refractivity contribution in [3.8, 4) is 11.8 Å². The van der Waals surface area contributed by atoms with Crippen LogP contribution in [0.5, 0.6) is 0 Å². The second-order valence-electron chi connectivity index (χ2n) is 2.49. The van der Waals surface area contributed by atoms with Crippen molar-refractivity contribution < 1.29 is 4.39 Å². The molecule has 0 saturated heterocycles. The number of benzene rings is 1. The van der Waals surface area contributed by atoms with Crippen LogP contribution in [0.1, 0.15) is 18.1 Å². The van der Waals surface area contributed by atoms with Gasteiger partial charge in [0.05, 0.1) is 0 Å². The first-order valence-electron chi connectivity index (χ1n) is 4.00. The molecule has 0 bridgehead atoms. The van der Waals surface area contributed by atoms with E-state index >= 15 is 0 Å². The summed E-state index contributed by atoms with van der Waals surface area (Å²) in [6, 6.07) is 7.87. The Morgan fingerprint density at radius 3 is 2.42 bits per heavy atom. The van der Waals surface area contributed by atoms with E-state index in [1.807, 2.05) is 24.3 Å². The summed E-state index contributed by atoms with van der Waals surface area (Å²) in [6.07, 6.45) is 1.02. The Morgan fingerprint density at radius 1 is 1.25 bits per heavy atom. The molecule has 0 aliphatic rings. The Hall–Kier alpha value is -1.29. The standard InChI is InChI=1S/C11H11F/c1-2-10-5-7-11(8-6-10)4-3-9-12/h5-8H,2,9H2,1H3. The van der Waals surface area contributed by atoms with E-state index in [9.17, 15) is 4.39 Å². The molecule has 0 aliphatic carbocycles. The van der Waals surface area contributed by atoms with Crippen molar-refractivity contribution in [1.29, 1.82) is 0 Å². The van der Waals surface area contributed by atoms with Crippen LogP contribution < -0.4 is 0 Å². The molecule has 0 nitrogen and oxygen atoms in total. The van der Waals surface area contributed by atoms with Crippen LogP contribution in [0, 0.1) is 11.8 Å². The smallest absolute Gasteiger partial charge is 0.150 e. The van der Waals surface area contributed by atoms with E-state index in [0.717, 1.165) is 12.0 Å². The molecular formula is C11H11F. The zero-order valence-corrected chi connectivity index (χ0v) is 7.10. The van der Waals surface area contributed by atoms with Crippen LogP contribution in [0.25, 0.3) is 0 Å². The van der Waals surface area contributed by atoms with Gasteiger partial charge in [-0.05, 0) is 24.1 Å². The van der Waals surface area contributed by atoms with Crippen LogP contribution in [0.3, 0.4) is 0 Å². The van der Waals surface area contributed by atoms with Gasteiger partial charge in [-0.1, -0.05) is 30.9 Å². The molecule has 1 heteroatoms. The van der Waals surface area contributed by atoms with Crippen molar-refractivity contribution in [2.45, 2.75) is 13.3 Å². The minimum Gasteiger partial charge on any atom is -0.237 e. The first-order valence-corrected chi connectivity index (χ1v) is 4.00. The molecule has 1 rings (SSSR count). The predicted molar refractivity (Wildman–Crippen MR) is 48.7 cm³/mol. The lowest BCUT2D eigenvalue weighted by atomic mass is 10.1. The lowest BCUT2D eigenvalue weighted by Crippen LogP contribution is -1.79. The predicted octanol–water partition coefficient (Wildman–Crippen LogP) is 2.57. The maximum atomic E-state index is 11.7. The van der Waals surface area contributed by atoms with Crippen LogP contribution in [0.15, 0.2) is 24.3 Å². The molecule has 1 aromatic rings. The largest absolute Gasteiger partial charge is 0.237 e. The lowest BCUT2D eigenvalue weighted by Gasteiger charge is -1.94. The van der Waals surface area contributed by atoms with E-state index in [1.54, 1.807) is 0 Å². The molecule has 0 fully saturated rings. The third kappa shape index (κ3) is 2.39. The van der Waals surface area contributed by atoms with Crippen molar-refractivity contribution in [3.05, 3.63) is 35.4 Å². The Balaban J connectivity index is 2.78. The highest BCUT2D eigenvalue weighted by atomic mass is 19.1. The average Bonchev–Trinajstić information content (AvgIpc) is 2.15. The molecule has 0 aromatic heterocycles. The molecule has 0 saturated carbocycles. The van der Waals surface area contributed by atoms with Gasteiger partial charge in [-0.25, -0.2) is 4.39 Å². The summed E-state index contributed by atoms with van der Waals surface area (Å²) in [5.41, 5.74) is 2.16. The third-order valence-electron chi connectivity index (χ3n) is 1.66. The molecule has 0 N–H and O–H groups in total. The monoisotopic (exact) mass is 162 g/mol. The highest BCUT2D eigenvalue weighted by Crippen LogP contribution is 2.03. The average molecular weight is 162 g/mol. The molecule has 0 unspecified atom stereocenters. The minimum absolute atomic E-state index is 0.574. The Bertz CT molecular complexity index is 287. The van der Waals surface area contributed by atoms with Gasteiger partial charge in [-0.2, -0.15) is 0 Å². The van der Waals surface area contributed by atoms with Crippen LogP contribution in [-0.4, -0.2) is 6.67 Å². The van der Waals surface area contributed by atoms with Gasteiger partial charge in [0.1, 0.15) is 0 Å². The molecule has 0 atom stereocenters. The van der Waals surface area contributed by atoms with Crippen LogP contribution in [0.4, 0.5) is 4.39 Å². The number of hydrogen-bond donors (Lipinski definition) is 0. The first kappa shape index (κ1) is 8.80. The van der Waals surface area contributed by atoms with Crippen molar-refractivity contribution in [1.82, 2.24) is 0 Å². The molecule has 62 valence electrons. The Labute approximate surface area is 72.4 Å². The second-order valence-corrected chi connectivity index (χ2v) is 2.49. The van der Waals surface area contributed by atoms with Crippen LogP contribution in [0.2, 0.25) is 0 Å². The molecule has 1 aromatic carbocycles. The number of alkyl halides is 1. The topological polar surface area (TPSA) is 0 Å². The molecule has 12 heavy (non-hydrogen) atoms. The Kier molecular flexibility index (Phi) is 3.35. The van der Waals surface area contributed by atoms with Gasteiger partial charge in [0.15, 0.2) is 6.67 Å². The van der Waals surface area contributed by atoms with Gasteiger partial charge in [0.2, 0.25) is 0 Å². The molecule has 0 heterocycles. The minimum atomic E-state index is -0.574. The quantitative estimate of drug-likeness (QED) is 0.557. The van der Waals surface area contributed by atoms with Crippen molar-refractivity contribution in [2.75, 3.05) is 6.67 Å². The number of hydrogen-bond acceptors (Lipinski definition) is 0. The van der Waals surface area contributed by atoms with E-state index in [2.05, 4.69) is 18.8 Å². The molecule has 0 aliphatic heterocycles. The highest BCUT2D eigenvalue weighted by molar-refractivity contribution is 5.36. The van der Waals surface area contributed by atoms with Gasteiger partial charge < -0.3 is 0 Å². The SMILES string of the molecule is CCc1ccc(C#CCF)cc1. The van der Waals surface area contributed by atoms with Crippen LogP contribution in [-0.2, 0) is 6.42 Å². The van der Waals surface area contributed by atoms with Gasteiger partial charge in [-0.15, -0.1) is 0 Å². The van der Waals surface area contributed by atoms with Crippen molar-refractivity contribution in [3.63, 3.8) is 0 Å². The lowest BCUT2D eigenvalue weighted by molar-refractivity contribution is 0.573. The third-order valence-corrected chi connectivity index (χ3v) is 1.66. The summed E-state index contributed by atoms with van der Waals surface area (Å²) >= 11 is 0. The van der Waals surface area contributed by atoms with Crippen molar-refractivity contribution in [2.24, 2.45) is 0 Å². The van der Waals surface area contributed by atoms with E-state index in [-0.39, 0.29) is 0 Å². The summed E-state index contributed by atoms with van der Waals surface area (Å²) in [7, 11) is 0. The maximum Gasteiger partial charge on any atom is 0.150 e. The highest BCUT2D eigenvalue weighted by Gasteiger charge is 1.87. The van der Waals surface area contributed by atoms with Crippen molar-refractivity contribution >= 4 is 0 Å². The summed E-state index contributed by atoms with van der Waals surface area (Å²) in [5.74, 6) is 5.11. The van der Waals surface area contributed by atoms with Crippen LogP contribution >= 0.6 is 0 Å². The molecule has 0 amide bonds. The fourth-order valence-corrected chi connectivity index (χ4v) is 0.959. The number of rotatable bonds is 1. The van der Waals surface area contributed by atoms with E-state index in [0.29, 0.717) is 0 Å². The van der Waals surface area contributed by atoms with Gasteiger partial charge in [0.25, 0.3) is 0 Å². The Morgan fingerprint density at radius 2 is 1.92 bits per heavy atom. The van der Waals surface area contributed by atoms with Gasteiger partial charge >= 0.3 is 0 Å². The zero-order chi connectivity index (χ0) is 8.81. The first-order chi connectivity index (χ1) is 5.86. The normalized spacial score (nSPS) is 8.83. The summed E-state index contributed by atoms with van der Waals surface area (Å²) < 4.78 is 11.7. The number of aryl methyl sites for hydroxylation is 1. The molecule has 0 spiro atoms. The fraction of sp³-hybridized carbons (Fsp3) is 0.273. The second kappa shape index (κ2) is 4.56. The summed E-state index contributed by atoms with van der Waals surface area (Å²) in [5, 5.41) is 0. The summed E-state index contributed by atoms with van der Waals surface area (Å²) in [4.78, 5) is 0.